The number of benzene rings is 2. The fourth-order valence-electron chi connectivity index (χ4n) is 6.26. The van der Waals surface area contributed by atoms with Crippen molar-refractivity contribution in [3.8, 4) is 0 Å². The number of piperidine rings is 1. The van der Waals surface area contributed by atoms with Crippen molar-refractivity contribution in [2.45, 2.75) is 89.0 Å². The molecule has 286 valence electrons. The van der Waals surface area contributed by atoms with Crippen molar-refractivity contribution >= 4 is 29.7 Å². The van der Waals surface area contributed by atoms with Crippen LogP contribution in [0.1, 0.15) is 63.5 Å². The van der Waals surface area contributed by atoms with E-state index in [1.54, 1.807) is 9.80 Å². The van der Waals surface area contributed by atoms with Crippen LogP contribution in [0.4, 0.5) is 4.79 Å². The first kappa shape index (κ1) is 41.9. The van der Waals surface area contributed by atoms with Crippen molar-refractivity contribution in [1.29, 1.82) is 0 Å². The van der Waals surface area contributed by atoms with Crippen LogP contribution in [0.3, 0.4) is 0 Å². The number of ether oxygens (including phenoxy) is 1. The Morgan fingerprint density at radius 2 is 1.38 bits per heavy atom. The van der Waals surface area contributed by atoms with Gasteiger partial charge in [0, 0.05) is 39.1 Å². The van der Waals surface area contributed by atoms with Crippen molar-refractivity contribution in [1.82, 2.24) is 25.8 Å². The predicted molar refractivity (Wildman–Crippen MR) is 199 cm³/mol. The van der Waals surface area contributed by atoms with Gasteiger partial charge in [0.05, 0.1) is 7.11 Å². The van der Waals surface area contributed by atoms with E-state index in [-0.39, 0.29) is 57.3 Å². The number of rotatable bonds is 19. The number of carbonyl (C=O) groups is 5. The standard InChI is InChI=1S/C38H58N8O6/c1-27(2)24-31(33(47)42-30(16-10-11-19-39)35(49)45-21-17-38(41,18-22-45)36(50)52-3)43-34(48)32(25-28-12-6-4-7-13-28)44-37(51)46(23-20-40)26-29-14-8-5-9-15-29/h4-9,12-15,27,30-32H,10-11,16-26,39-41H2,1-3H3,(H,42,47)(H,43,48)(H,44,51)/t30-,31-,32-/m1/s1. The first-order valence-corrected chi connectivity index (χ1v) is 18.2. The van der Waals surface area contributed by atoms with Gasteiger partial charge in [-0.1, -0.05) is 74.5 Å². The third-order valence-corrected chi connectivity index (χ3v) is 9.26. The number of esters is 1. The lowest BCUT2D eigenvalue weighted by Crippen LogP contribution is -2.61. The van der Waals surface area contributed by atoms with E-state index in [2.05, 4.69) is 16.0 Å². The van der Waals surface area contributed by atoms with E-state index < -0.39 is 47.5 Å². The fraction of sp³-hybridized carbons (Fsp3) is 0.553. The molecule has 1 aliphatic rings. The van der Waals surface area contributed by atoms with E-state index >= 15 is 0 Å². The molecule has 0 radical (unpaired) electrons. The summed E-state index contributed by atoms with van der Waals surface area (Å²) >= 11 is 0. The van der Waals surface area contributed by atoms with Crippen molar-refractivity contribution < 1.29 is 28.7 Å². The summed E-state index contributed by atoms with van der Waals surface area (Å²) in [7, 11) is 1.28. The maximum absolute atomic E-state index is 14.0. The normalized spacial score (nSPS) is 15.6. The summed E-state index contributed by atoms with van der Waals surface area (Å²) in [6, 6.07) is 15.4. The second-order valence-electron chi connectivity index (χ2n) is 13.9. The lowest BCUT2D eigenvalue weighted by Gasteiger charge is -2.38. The fourth-order valence-corrected chi connectivity index (χ4v) is 6.26. The van der Waals surface area contributed by atoms with Crippen LogP contribution in [0.15, 0.2) is 60.7 Å². The quantitative estimate of drug-likeness (QED) is 0.0912. The molecule has 14 heteroatoms. The van der Waals surface area contributed by atoms with Crippen LogP contribution in [0.2, 0.25) is 0 Å². The molecule has 0 saturated carbocycles. The monoisotopic (exact) mass is 722 g/mol. The third kappa shape index (κ3) is 12.9. The maximum Gasteiger partial charge on any atom is 0.325 e. The topological polar surface area (TPSA) is 215 Å². The number of urea groups is 1. The maximum atomic E-state index is 14.0. The molecule has 0 bridgehead atoms. The van der Waals surface area contributed by atoms with Gasteiger partial charge >= 0.3 is 12.0 Å². The number of carbonyl (C=O) groups excluding carboxylic acids is 5. The molecular weight excluding hydrogens is 664 g/mol. The summed E-state index contributed by atoms with van der Waals surface area (Å²) < 4.78 is 4.86. The summed E-state index contributed by atoms with van der Waals surface area (Å²) in [4.78, 5) is 70.8. The van der Waals surface area contributed by atoms with E-state index in [9.17, 15) is 24.0 Å². The van der Waals surface area contributed by atoms with Crippen molar-refractivity contribution in [3.63, 3.8) is 0 Å². The van der Waals surface area contributed by atoms with Crippen molar-refractivity contribution in [2.75, 3.05) is 39.8 Å². The zero-order chi connectivity index (χ0) is 38.1. The van der Waals surface area contributed by atoms with E-state index in [0.717, 1.165) is 11.1 Å². The van der Waals surface area contributed by atoms with Gasteiger partial charge < -0.3 is 47.7 Å². The van der Waals surface area contributed by atoms with Gasteiger partial charge in [-0.05, 0) is 62.1 Å². The molecule has 2 aromatic carbocycles. The number of nitrogens with one attached hydrogen (secondary N) is 3. The van der Waals surface area contributed by atoms with Crippen molar-refractivity contribution in [3.05, 3.63) is 71.8 Å². The Morgan fingerprint density at radius 1 is 0.808 bits per heavy atom. The molecule has 1 saturated heterocycles. The average Bonchev–Trinajstić information content (AvgIpc) is 3.14. The highest BCUT2D eigenvalue weighted by atomic mass is 16.5. The average molecular weight is 723 g/mol. The van der Waals surface area contributed by atoms with Crippen LogP contribution in [-0.4, -0.2) is 103 Å². The molecule has 3 rings (SSSR count). The van der Waals surface area contributed by atoms with Gasteiger partial charge in [0.15, 0.2) is 0 Å². The number of amides is 5. The number of nitrogens with two attached hydrogens (primary N) is 3. The number of hydrogen-bond acceptors (Lipinski definition) is 9. The molecule has 14 nitrogen and oxygen atoms in total. The number of likely N-dealkylation sites (tertiary alicyclic amines) is 1. The molecular formula is C38H58N8O6. The summed E-state index contributed by atoms with van der Waals surface area (Å²) in [5.41, 5.74) is 18.4. The van der Waals surface area contributed by atoms with E-state index in [1.807, 2.05) is 74.5 Å². The lowest BCUT2D eigenvalue weighted by molar-refractivity contribution is -0.151. The Hall–Kier alpha value is -4.53. The molecule has 5 amide bonds. The zero-order valence-electron chi connectivity index (χ0n) is 30.9. The van der Waals surface area contributed by atoms with Gasteiger partial charge in [-0.3, -0.25) is 19.2 Å². The molecule has 1 aliphatic heterocycles. The summed E-state index contributed by atoms with van der Waals surface area (Å²) in [6.45, 7) is 5.55. The lowest BCUT2D eigenvalue weighted by atomic mass is 9.88. The number of nitrogens with zero attached hydrogens (tertiary/aromatic N) is 2. The Labute approximate surface area is 307 Å². The van der Waals surface area contributed by atoms with Gasteiger partial charge in [0.1, 0.15) is 23.7 Å². The Morgan fingerprint density at radius 3 is 1.94 bits per heavy atom. The summed E-state index contributed by atoms with van der Waals surface area (Å²) in [5, 5.41) is 8.70. The van der Waals surface area contributed by atoms with E-state index in [1.165, 1.54) is 7.11 Å². The Kier molecular flexibility index (Phi) is 17.0. The summed E-state index contributed by atoms with van der Waals surface area (Å²) in [6.07, 6.45) is 2.52. The van der Waals surface area contributed by atoms with Gasteiger partial charge in [-0.15, -0.1) is 0 Å². The van der Waals surface area contributed by atoms with E-state index in [0.29, 0.717) is 38.8 Å². The van der Waals surface area contributed by atoms with Gasteiger partial charge in [-0.25, -0.2) is 4.79 Å². The number of methoxy groups -OCH3 is 1. The molecule has 2 aromatic rings. The number of unbranched alkanes of at least 4 members (excludes halogenated alkanes) is 1. The minimum absolute atomic E-state index is 0.00798. The molecule has 1 heterocycles. The second-order valence-corrected chi connectivity index (χ2v) is 13.9. The largest absolute Gasteiger partial charge is 0.468 e. The molecule has 0 aliphatic carbocycles. The predicted octanol–water partition coefficient (Wildman–Crippen LogP) is 1.41. The van der Waals surface area contributed by atoms with Crippen LogP contribution in [0.5, 0.6) is 0 Å². The van der Waals surface area contributed by atoms with Crippen molar-refractivity contribution in [2.24, 2.45) is 23.1 Å². The minimum Gasteiger partial charge on any atom is -0.468 e. The first-order chi connectivity index (χ1) is 24.9. The number of hydrogen-bond donors (Lipinski definition) is 6. The van der Waals surface area contributed by atoms with E-state index in [4.69, 9.17) is 21.9 Å². The van der Waals surface area contributed by atoms with Gasteiger partial charge in [0.25, 0.3) is 0 Å². The van der Waals surface area contributed by atoms with Crippen LogP contribution in [-0.2, 0) is 36.9 Å². The smallest absolute Gasteiger partial charge is 0.325 e. The van der Waals surface area contributed by atoms with Gasteiger partial charge in [-0.2, -0.15) is 0 Å². The molecule has 0 unspecified atom stereocenters. The van der Waals surface area contributed by atoms with Crippen LogP contribution >= 0.6 is 0 Å². The molecule has 1 fully saturated rings. The summed E-state index contributed by atoms with van der Waals surface area (Å²) in [5.74, 6) is -1.85. The zero-order valence-corrected chi connectivity index (χ0v) is 30.9. The molecule has 3 atom stereocenters. The highest BCUT2D eigenvalue weighted by Gasteiger charge is 2.41. The molecule has 52 heavy (non-hydrogen) atoms. The second kappa shape index (κ2) is 21.1. The molecule has 0 spiro atoms. The molecule has 0 aromatic heterocycles. The highest BCUT2D eigenvalue weighted by Crippen LogP contribution is 2.22. The van der Waals surface area contributed by atoms with Gasteiger partial charge in [0.2, 0.25) is 17.7 Å². The minimum atomic E-state index is -1.18. The third-order valence-electron chi connectivity index (χ3n) is 9.26. The van der Waals surface area contributed by atoms with Crippen LogP contribution in [0.25, 0.3) is 0 Å². The van der Waals surface area contributed by atoms with Crippen LogP contribution < -0.4 is 33.2 Å². The first-order valence-electron chi connectivity index (χ1n) is 18.2. The SMILES string of the molecule is COC(=O)C1(N)CCN(C(=O)[C@@H](CCCCN)NC(=O)[C@@H](CC(C)C)NC(=O)[C@@H](Cc2ccccc2)NC(=O)N(CCN)Cc2ccccc2)CC1. The Balaban J connectivity index is 1.80. The van der Waals surface area contributed by atoms with Crippen LogP contribution in [0, 0.1) is 5.92 Å². The highest BCUT2D eigenvalue weighted by molar-refractivity contribution is 5.94. The molecule has 9 N–H and O–H groups in total. The Bertz CT molecular complexity index is 1440.